The van der Waals surface area contributed by atoms with Crippen LogP contribution in [-0.2, 0) is 11.2 Å². The van der Waals surface area contributed by atoms with Crippen LogP contribution in [0.5, 0.6) is 0 Å². The summed E-state index contributed by atoms with van der Waals surface area (Å²) < 4.78 is 5.49. The van der Waals surface area contributed by atoms with Crippen LogP contribution in [0.2, 0.25) is 0 Å². The molecule has 5 heteroatoms. The number of hydrogen-bond acceptors (Lipinski definition) is 4. The van der Waals surface area contributed by atoms with Gasteiger partial charge in [-0.15, -0.1) is 0 Å². The van der Waals surface area contributed by atoms with Gasteiger partial charge in [0.1, 0.15) is 12.2 Å². The van der Waals surface area contributed by atoms with E-state index < -0.39 is 0 Å². The lowest BCUT2D eigenvalue weighted by Gasteiger charge is -2.27. The Morgan fingerprint density at radius 1 is 1.67 bits per heavy atom. The summed E-state index contributed by atoms with van der Waals surface area (Å²) in [5.74, 6) is 0.947. The van der Waals surface area contributed by atoms with Crippen LogP contribution >= 0.6 is 0 Å². The molecule has 2 unspecified atom stereocenters. The van der Waals surface area contributed by atoms with Gasteiger partial charge in [0.25, 0.3) is 0 Å². The van der Waals surface area contributed by atoms with Crippen LogP contribution in [0.3, 0.4) is 0 Å². The van der Waals surface area contributed by atoms with Gasteiger partial charge in [0.05, 0.1) is 6.10 Å². The molecule has 1 saturated heterocycles. The minimum atomic E-state index is 0.390. The van der Waals surface area contributed by atoms with Gasteiger partial charge < -0.3 is 10.1 Å². The molecule has 2 rings (SSSR count). The lowest BCUT2D eigenvalue weighted by Crippen LogP contribution is -2.38. The summed E-state index contributed by atoms with van der Waals surface area (Å²) in [7, 11) is 0. The zero-order valence-electron chi connectivity index (χ0n) is 9.07. The molecule has 1 aliphatic heterocycles. The van der Waals surface area contributed by atoms with Crippen LogP contribution in [0.4, 0.5) is 0 Å². The Kier molecular flexibility index (Phi) is 3.69. The van der Waals surface area contributed by atoms with Crippen molar-refractivity contribution < 1.29 is 4.74 Å². The maximum absolute atomic E-state index is 5.49. The first-order chi connectivity index (χ1) is 7.34. The van der Waals surface area contributed by atoms with Crippen molar-refractivity contribution in [3.8, 4) is 0 Å². The van der Waals surface area contributed by atoms with Crippen molar-refractivity contribution in [1.82, 2.24) is 20.5 Å². The second kappa shape index (κ2) is 5.23. The van der Waals surface area contributed by atoms with Gasteiger partial charge in [0, 0.05) is 25.6 Å². The summed E-state index contributed by atoms with van der Waals surface area (Å²) in [4.78, 5) is 4.08. The van der Waals surface area contributed by atoms with Crippen LogP contribution in [0, 0.1) is 0 Å². The van der Waals surface area contributed by atoms with E-state index in [1.807, 2.05) is 0 Å². The number of nitrogens with one attached hydrogen (secondary N) is 2. The minimum absolute atomic E-state index is 0.390. The fourth-order valence-corrected chi connectivity index (χ4v) is 1.93. The lowest BCUT2D eigenvalue weighted by atomic mass is 10.0. The van der Waals surface area contributed by atoms with Crippen molar-refractivity contribution >= 4 is 0 Å². The van der Waals surface area contributed by atoms with Gasteiger partial charge >= 0.3 is 0 Å². The van der Waals surface area contributed by atoms with Crippen LogP contribution in [0.25, 0.3) is 0 Å². The fraction of sp³-hybridized carbons (Fsp3) is 0.800. The molecule has 1 aromatic heterocycles. The molecule has 15 heavy (non-hydrogen) atoms. The predicted octanol–water partition coefficient (Wildman–Crippen LogP) is 0.504. The van der Waals surface area contributed by atoms with E-state index in [9.17, 15) is 0 Å². The van der Waals surface area contributed by atoms with Gasteiger partial charge in [-0.2, -0.15) is 5.10 Å². The molecule has 0 aromatic carbocycles. The number of H-pyrrole nitrogens is 1. The second-order valence-electron chi connectivity index (χ2n) is 4.04. The summed E-state index contributed by atoms with van der Waals surface area (Å²) in [5, 5.41) is 10.2. The van der Waals surface area contributed by atoms with Crippen molar-refractivity contribution in [2.24, 2.45) is 0 Å². The zero-order valence-corrected chi connectivity index (χ0v) is 9.07. The van der Waals surface area contributed by atoms with Crippen molar-refractivity contribution in [3.05, 3.63) is 12.2 Å². The number of rotatable bonds is 4. The zero-order chi connectivity index (χ0) is 10.5. The Morgan fingerprint density at radius 2 is 2.60 bits per heavy atom. The molecule has 2 heterocycles. The molecule has 0 spiro atoms. The second-order valence-corrected chi connectivity index (χ2v) is 4.04. The highest BCUT2D eigenvalue weighted by Gasteiger charge is 2.18. The molecule has 1 fully saturated rings. The first-order valence-electron chi connectivity index (χ1n) is 5.54. The highest BCUT2D eigenvalue weighted by Crippen LogP contribution is 2.12. The number of ether oxygens (including phenoxy) is 1. The lowest BCUT2D eigenvalue weighted by molar-refractivity contribution is 0.0135. The topological polar surface area (TPSA) is 62.8 Å². The van der Waals surface area contributed by atoms with Gasteiger partial charge in [-0.1, -0.05) is 0 Å². The minimum Gasteiger partial charge on any atom is -0.378 e. The Labute approximate surface area is 89.6 Å². The summed E-state index contributed by atoms with van der Waals surface area (Å²) in [5.41, 5.74) is 0. The van der Waals surface area contributed by atoms with Gasteiger partial charge in [0.15, 0.2) is 0 Å². The van der Waals surface area contributed by atoms with Gasteiger partial charge in [-0.05, 0) is 19.8 Å². The quantitative estimate of drug-likeness (QED) is 0.760. The third-order valence-corrected chi connectivity index (χ3v) is 2.74. The summed E-state index contributed by atoms with van der Waals surface area (Å²) in [6.45, 7) is 3.96. The average molecular weight is 210 g/mol. The predicted molar refractivity (Wildman–Crippen MR) is 56.5 cm³/mol. The van der Waals surface area contributed by atoms with E-state index in [-0.39, 0.29) is 0 Å². The Bertz CT molecular complexity index is 275. The highest BCUT2D eigenvalue weighted by molar-refractivity contribution is 4.82. The van der Waals surface area contributed by atoms with Gasteiger partial charge in [-0.25, -0.2) is 4.98 Å². The third-order valence-electron chi connectivity index (χ3n) is 2.74. The first-order valence-corrected chi connectivity index (χ1v) is 5.54. The van der Waals surface area contributed by atoms with Crippen LogP contribution in [0.1, 0.15) is 25.6 Å². The monoisotopic (exact) mass is 210 g/mol. The first kappa shape index (κ1) is 10.6. The Morgan fingerprint density at radius 3 is 3.33 bits per heavy atom. The summed E-state index contributed by atoms with van der Waals surface area (Å²) >= 11 is 0. The average Bonchev–Trinajstić information content (AvgIpc) is 2.71. The summed E-state index contributed by atoms with van der Waals surface area (Å²) in [6, 6.07) is 0.594. The molecular weight excluding hydrogens is 192 g/mol. The van der Waals surface area contributed by atoms with Gasteiger partial charge in [-0.3, -0.25) is 5.10 Å². The molecular formula is C10H18N4O. The maximum atomic E-state index is 5.49. The highest BCUT2D eigenvalue weighted by atomic mass is 16.5. The molecule has 0 bridgehead atoms. The summed E-state index contributed by atoms with van der Waals surface area (Å²) in [6.07, 6.45) is 5.07. The maximum Gasteiger partial charge on any atom is 0.137 e. The largest absolute Gasteiger partial charge is 0.378 e. The Balaban J connectivity index is 1.65. The van der Waals surface area contributed by atoms with E-state index in [0.29, 0.717) is 12.1 Å². The number of nitrogens with zero attached hydrogens (tertiary/aromatic N) is 2. The van der Waals surface area contributed by atoms with Crippen molar-refractivity contribution in [2.75, 3.05) is 13.2 Å². The molecule has 2 N–H and O–H groups in total. The van der Waals surface area contributed by atoms with E-state index in [1.54, 1.807) is 6.33 Å². The van der Waals surface area contributed by atoms with Crippen LogP contribution in [-0.4, -0.2) is 40.5 Å². The Hall–Kier alpha value is -0.940. The number of aromatic nitrogens is 3. The van der Waals surface area contributed by atoms with E-state index in [0.717, 1.165) is 38.2 Å². The van der Waals surface area contributed by atoms with Gasteiger partial charge in [0.2, 0.25) is 0 Å². The van der Waals surface area contributed by atoms with Crippen molar-refractivity contribution in [3.63, 3.8) is 0 Å². The molecule has 5 nitrogen and oxygen atoms in total. The van der Waals surface area contributed by atoms with E-state index in [1.165, 1.54) is 0 Å². The van der Waals surface area contributed by atoms with E-state index >= 15 is 0 Å². The van der Waals surface area contributed by atoms with Crippen LogP contribution < -0.4 is 5.32 Å². The molecule has 1 aromatic rings. The number of hydrogen-bond donors (Lipinski definition) is 2. The molecule has 0 saturated carbocycles. The number of aromatic amines is 1. The molecule has 0 radical (unpaired) electrons. The van der Waals surface area contributed by atoms with Crippen LogP contribution in [0.15, 0.2) is 6.33 Å². The van der Waals surface area contributed by atoms with E-state index in [2.05, 4.69) is 27.4 Å². The molecule has 0 amide bonds. The normalized spacial score (nSPS) is 26.7. The fourth-order valence-electron chi connectivity index (χ4n) is 1.93. The van der Waals surface area contributed by atoms with Crippen molar-refractivity contribution in [1.29, 1.82) is 0 Å². The van der Waals surface area contributed by atoms with E-state index in [4.69, 9.17) is 4.74 Å². The molecule has 1 aliphatic rings. The molecule has 84 valence electrons. The molecule has 2 atom stereocenters. The van der Waals surface area contributed by atoms with Crippen molar-refractivity contribution in [2.45, 2.75) is 38.3 Å². The smallest absolute Gasteiger partial charge is 0.137 e. The SMILES string of the molecule is CC1CC(NCCc2ncn[nH]2)CCO1. The third kappa shape index (κ3) is 3.28. The standard InChI is InChI=1S/C10H18N4O/c1-8-6-9(3-5-15-8)11-4-2-10-12-7-13-14-10/h7-9,11H,2-6H2,1H3,(H,12,13,14). The molecule has 0 aliphatic carbocycles.